The first-order valence-electron chi connectivity index (χ1n) is 6.41. The Balaban J connectivity index is 0.00000324. The third-order valence-corrected chi connectivity index (χ3v) is 3.31. The molecule has 0 aromatic heterocycles. The Morgan fingerprint density at radius 3 is 2.58 bits per heavy atom. The number of nitrogens with one attached hydrogen (secondary N) is 1. The van der Waals surface area contributed by atoms with Crippen LogP contribution in [-0.4, -0.2) is 59.3 Å². The highest BCUT2D eigenvalue weighted by Gasteiger charge is 2.32. The summed E-state index contributed by atoms with van der Waals surface area (Å²) >= 11 is 0. The van der Waals surface area contributed by atoms with Gasteiger partial charge in [-0.1, -0.05) is 13.3 Å². The lowest BCUT2D eigenvalue weighted by Crippen LogP contribution is -2.42. The van der Waals surface area contributed by atoms with Gasteiger partial charge in [-0.05, 0) is 12.3 Å². The molecule has 6 nitrogen and oxygen atoms in total. The molecule has 1 rings (SSSR count). The Kier molecular flexibility index (Phi) is 8.71. The topological polar surface area (TPSA) is 89.9 Å². The minimum absolute atomic E-state index is 0. The van der Waals surface area contributed by atoms with Gasteiger partial charge in [0.05, 0.1) is 6.42 Å². The van der Waals surface area contributed by atoms with Crippen molar-refractivity contribution >= 4 is 24.3 Å². The monoisotopic (exact) mass is 294 g/mol. The summed E-state index contributed by atoms with van der Waals surface area (Å²) in [6.45, 7) is 3.59. The zero-order chi connectivity index (χ0) is 13.5. The third-order valence-electron chi connectivity index (χ3n) is 3.31. The van der Waals surface area contributed by atoms with E-state index in [0.29, 0.717) is 19.0 Å². The lowest BCUT2D eigenvalue weighted by molar-refractivity contribution is -0.137. The molecular formula is C12H23ClN2O4. The van der Waals surface area contributed by atoms with Crippen molar-refractivity contribution in [2.75, 3.05) is 26.2 Å². The highest BCUT2D eigenvalue weighted by Crippen LogP contribution is 2.21. The van der Waals surface area contributed by atoms with E-state index in [2.05, 4.69) is 17.1 Å². The molecular weight excluding hydrogens is 272 g/mol. The number of nitrogens with zero attached hydrogens (tertiary/aromatic N) is 1. The van der Waals surface area contributed by atoms with Gasteiger partial charge in [0.2, 0.25) is 5.91 Å². The van der Waals surface area contributed by atoms with Crippen LogP contribution < -0.4 is 5.32 Å². The van der Waals surface area contributed by atoms with Crippen LogP contribution in [0.15, 0.2) is 0 Å². The molecule has 1 fully saturated rings. The van der Waals surface area contributed by atoms with Crippen molar-refractivity contribution in [1.29, 1.82) is 0 Å². The largest absolute Gasteiger partial charge is 0.481 e. The molecule has 19 heavy (non-hydrogen) atoms. The minimum atomic E-state index is -0.801. The summed E-state index contributed by atoms with van der Waals surface area (Å²) in [6.07, 6.45) is 2.16. The molecule has 0 aliphatic carbocycles. The molecule has 0 saturated carbocycles. The summed E-state index contributed by atoms with van der Waals surface area (Å²) in [5, 5.41) is 20.2. The standard InChI is InChI=1S/C12H22N2O4.ClH/c1-2-3-9-6-14(5-4-12(17)18)7-10(9)13-11(16)8-15;/h9-10,15H,2-8H2,1H3,(H,13,16)(H,17,18);1H/t9-,10-;/m0./s1. The zero-order valence-electron chi connectivity index (χ0n) is 11.2. The van der Waals surface area contributed by atoms with E-state index in [4.69, 9.17) is 10.2 Å². The number of hydrogen-bond donors (Lipinski definition) is 3. The molecule has 1 saturated heterocycles. The first-order valence-corrected chi connectivity index (χ1v) is 6.41. The molecule has 7 heteroatoms. The number of halogens is 1. The molecule has 2 atom stereocenters. The van der Waals surface area contributed by atoms with Gasteiger partial charge in [0.1, 0.15) is 6.61 Å². The number of carboxylic acids is 1. The number of rotatable bonds is 7. The number of carboxylic acid groups (broad SMARTS) is 1. The number of likely N-dealkylation sites (tertiary alicyclic amines) is 1. The molecule has 0 bridgehead atoms. The zero-order valence-corrected chi connectivity index (χ0v) is 12.0. The lowest BCUT2D eigenvalue weighted by Gasteiger charge is -2.18. The smallest absolute Gasteiger partial charge is 0.304 e. The maximum Gasteiger partial charge on any atom is 0.304 e. The fraction of sp³-hybridized carbons (Fsp3) is 0.833. The number of carbonyl (C=O) groups is 2. The van der Waals surface area contributed by atoms with E-state index in [9.17, 15) is 9.59 Å². The van der Waals surface area contributed by atoms with Crippen molar-refractivity contribution in [1.82, 2.24) is 10.2 Å². The van der Waals surface area contributed by atoms with Gasteiger partial charge in [0.25, 0.3) is 0 Å². The van der Waals surface area contributed by atoms with Gasteiger partial charge in [-0.25, -0.2) is 0 Å². The first kappa shape index (κ1) is 18.1. The van der Waals surface area contributed by atoms with Crippen molar-refractivity contribution in [3.8, 4) is 0 Å². The second-order valence-electron chi connectivity index (χ2n) is 4.78. The van der Waals surface area contributed by atoms with Crippen molar-refractivity contribution in [2.24, 2.45) is 5.92 Å². The number of aliphatic hydroxyl groups is 1. The number of carbonyl (C=O) groups excluding carboxylic acids is 1. The molecule has 0 radical (unpaired) electrons. The van der Waals surface area contributed by atoms with Crippen molar-refractivity contribution in [3.05, 3.63) is 0 Å². The molecule has 1 heterocycles. The molecule has 1 amide bonds. The second kappa shape index (κ2) is 9.12. The molecule has 3 N–H and O–H groups in total. The summed E-state index contributed by atoms with van der Waals surface area (Å²) in [7, 11) is 0. The van der Waals surface area contributed by atoms with E-state index in [1.54, 1.807) is 0 Å². The van der Waals surface area contributed by atoms with Crippen LogP contribution in [0.5, 0.6) is 0 Å². The molecule has 0 aromatic rings. The normalized spacial score (nSPS) is 22.8. The lowest BCUT2D eigenvalue weighted by atomic mass is 9.98. The molecule has 1 aliphatic rings. The highest BCUT2D eigenvalue weighted by molar-refractivity contribution is 5.85. The summed E-state index contributed by atoms with van der Waals surface area (Å²) in [5.74, 6) is -0.814. The summed E-state index contributed by atoms with van der Waals surface area (Å²) in [6, 6.07) is 0.0263. The predicted molar refractivity (Wildman–Crippen MR) is 73.4 cm³/mol. The van der Waals surface area contributed by atoms with E-state index in [1.165, 1.54) is 0 Å². The van der Waals surface area contributed by atoms with Gasteiger partial charge in [0, 0.05) is 25.7 Å². The van der Waals surface area contributed by atoms with Gasteiger partial charge in [-0.15, -0.1) is 12.4 Å². The molecule has 0 aromatic carbocycles. The van der Waals surface area contributed by atoms with Crippen LogP contribution >= 0.6 is 12.4 Å². The Labute approximate surface area is 119 Å². The van der Waals surface area contributed by atoms with Crippen LogP contribution in [0, 0.1) is 5.92 Å². The van der Waals surface area contributed by atoms with Crippen LogP contribution in [0.25, 0.3) is 0 Å². The second-order valence-corrected chi connectivity index (χ2v) is 4.78. The maximum absolute atomic E-state index is 11.2. The van der Waals surface area contributed by atoms with Gasteiger partial charge in [-0.2, -0.15) is 0 Å². The number of aliphatic hydroxyl groups excluding tert-OH is 1. The predicted octanol–water partition coefficient (Wildman–Crippen LogP) is 0.0919. The molecule has 1 aliphatic heterocycles. The van der Waals surface area contributed by atoms with E-state index < -0.39 is 12.6 Å². The van der Waals surface area contributed by atoms with Gasteiger partial charge < -0.3 is 20.4 Å². The molecule has 112 valence electrons. The van der Waals surface area contributed by atoms with Crippen LogP contribution in [0.3, 0.4) is 0 Å². The van der Waals surface area contributed by atoms with Gasteiger partial charge >= 0.3 is 5.97 Å². The maximum atomic E-state index is 11.2. The van der Waals surface area contributed by atoms with Gasteiger partial charge in [0.15, 0.2) is 0 Å². The van der Waals surface area contributed by atoms with Gasteiger partial charge in [-0.3, -0.25) is 9.59 Å². The Bertz CT molecular complexity index is 301. The van der Waals surface area contributed by atoms with Crippen LogP contribution in [-0.2, 0) is 9.59 Å². The SMILES string of the molecule is CCC[C@H]1CN(CCC(=O)O)C[C@@H]1NC(=O)CO.Cl. The first-order chi connectivity index (χ1) is 8.56. The minimum Gasteiger partial charge on any atom is -0.481 e. The van der Waals surface area contributed by atoms with Crippen LogP contribution in [0.4, 0.5) is 0 Å². The third kappa shape index (κ3) is 6.22. The number of aliphatic carboxylic acids is 1. The average Bonchev–Trinajstić information content (AvgIpc) is 2.69. The summed E-state index contributed by atoms with van der Waals surface area (Å²) < 4.78 is 0. The number of amides is 1. The Hall–Kier alpha value is -0.850. The molecule has 0 spiro atoms. The van der Waals surface area contributed by atoms with E-state index in [-0.39, 0.29) is 30.8 Å². The quantitative estimate of drug-likeness (QED) is 0.619. The fourth-order valence-electron chi connectivity index (χ4n) is 2.48. The fourth-order valence-corrected chi connectivity index (χ4v) is 2.48. The Morgan fingerprint density at radius 2 is 2.05 bits per heavy atom. The van der Waals surface area contributed by atoms with Crippen LogP contribution in [0.2, 0.25) is 0 Å². The Morgan fingerprint density at radius 1 is 1.37 bits per heavy atom. The number of hydrogen-bond acceptors (Lipinski definition) is 4. The average molecular weight is 295 g/mol. The van der Waals surface area contributed by atoms with Crippen molar-refractivity contribution in [3.63, 3.8) is 0 Å². The summed E-state index contributed by atoms with van der Waals surface area (Å²) in [4.78, 5) is 23.8. The van der Waals surface area contributed by atoms with Crippen molar-refractivity contribution < 1.29 is 19.8 Å². The summed E-state index contributed by atoms with van der Waals surface area (Å²) in [5.41, 5.74) is 0. The van der Waals surface area contributed by atoms with Crippen molar-refractivity contribution in [2.45, 2.75) is 32.2 Å². The molecule has 0 unspecified atom stereocenters. The highest BCUT2D eigenvalue weighted by atomic mass is 35.5. The van der Waals surface area contributed by atoms with E-state index in [1.807, 2.05) is 0 Å². The van der Waals surface area contributed by atoms with E-state index >= 15 is 0 Å². The van der Waals surface area contributed by atoms with E-state index in [0.717, 1.165) is 19.4 Å². The van der Waals surface area contributed by atoms with Crippen LogP contribution in [0.1, 0.15) is 26.2 Å².